The van der Waals surface area contributed by atoms with Crippen molar-refractivity contribution in [3.63, 3.8) is 0 Å². The summed E-state index contributed by atoms with van der Waals surface area (Å²) in [5.74, 6) is 0. The van der Waals surface area contributed by atoms with Gasteiger partial charge in [0, 0.05) is 27.7 Å². The zero-order valence-corrected chi connectivity index (χ0v) is 27.5. The van der Waals surface area contributed by atoms with Crippen LogP contribution in [0.3, 0.4) is 0 Å². The summed E-state index contributed by atoms with van der Waals surface area (Å²) in [7, 11) is 0. The van der Waals surface area contributed by atoms with Gasteiger partial charge in [0.2, 0.25) is 0 Å². The maximum atomic E-state index is 2.44. The lowest BCUT2D eigenvalue weighted by molar-refractivity contribution is 1.18. The molecule has 236 valence electrons. The number of fused-ring (bicyclic) bond motifs is 3. The number of hydrogen-bond donors (Lipinski definition) is 0. The minimum absolute atomic E-state index is 1.10. The molecule has 2 heteroatoms. The van der Waals surface area contributed by atoms with E-state index in [9.17, 15) is 0 Å². The van der Waals surface area contributed by atoms with Gasteiger partial charge in [-0.3, -0.25) is 0 Å². The summed E-state index contributed by atoms with van der Waals surface area (Å²) in [6.45, 7) is 0. The molecule has 9 aromatic rings. The first-order valence-electron chi connectivity index (χ1n) is 17.1. The van der Waals surface area contributed by atoms with Crippen LogP contribution >= 0.6 is 0 Å². The molecule has 0 saturated heterocycles. The predicted molar refractivity (Wildman–Crippen MR) is 212 cm³/mol. The molecule has 0 aliphatic carbocycles. The number of para-hydroxylation sites is 4. The monoisotopic (exact) mass is 638 g/mol. The first-order chi connectivity index (χ1) is 24.9. The van der Waals surface area contributed by atoms with Crippen molar-refractivity contribution in [1.82, 2.24) is 4.57 Å². The Morgan fingerprint density at radius 2 is 0.800 bits per heavy atom. The Labute approximate surface area is 292 Å². The van der Waals surface area contributed by atoms with Crippen LogP contribution in [0.15, 0.2) is 206 Å². The van der Waals surface area contributed by atoms with Gasteiger partial charge in [0.1, 0.15) is 0 Å². The second-order valence-electron chi connectivity index (χ2n) is 12.5. The molecular weight excluding hydrogens is 605 g/mol. The Morgan fingerprint density at radius 3 is 1.52 bits per heavy atom. The van der Waals surface area contributed by atoms with E-state index in [1.54, 1.807) is 0 Å². The summed E-state index contributed by atoms with van der Waals surface area (Å²) in [4.78, 5) is 2.44. The largest absolute Gasteiger partial charge is 0.309 e. The van der Waals surface area contributed by atoms with Crippen molar-refractivity contribution < 1.29 is 0 Å². The fraction of sp³-hybridized carbons (Fsp3) is 0. The van der Waals surface area contributed by atoms with Gasteiger partial charge < -0.3 is 9.47 Å². The average Bonchev–Trinajstić information content (AvgIpc) is 3.54. The molecule has 1 heterocycles. The molecule has 9 rings (SSSR count). The van der Waals surface area contributed by atoms with Crippen molar-refractivity contribution in [2.75, 3.05) is 4.90 Å². The Morgan fingerprint density at radius 1 is 0.320 bits per heavy atom. The van der Waals surface area contributed by atoms with Crippen LogP contribution in [0.25, 0.3) is 60.9 Å². The third kappa shape index (κ3) is 5.06. The molecule has 0 radical (unpaired) electrons. The standard InChI is InChI=1S/C48H34N2/c1-4-19-35(20-5-1)38-25-10-11-26-39(38)40-27-12-13-28-41(40)42-29-14-16-31-44(42)49(36-21-6-2-7-22-36)46-33-18-34-47-48(46)43-30-15-17-32-45(43)50(47)37-23-8-3-9-24-37/h1-34H. The first-order valence-corrected chi connectivity index (χ1v) is 17.1. The summed E-state index contributed by atoms with van der Waals surface area (Å²) in [6, 6.07) is 74.0. The van der Waals surface area contributed by atoms with E-state index >= 15 is 0 Å². The van der Waals surface area contributed by atoms with E-state index in [-0.39, 0.29) is 0 Å². The number of aromatic nitrogens is 1. The van der Waals surface area contributed by atoms with E-state index in [1.165, 1.54) is 55.2 Å². The lowest BCUT2D eigenvalue weighted by Gasteiger charge is -2.29. The summed E-state index contributed by atoms with van der Waals surface area (Å²) in [5, 5.41) is 2.44. The molecule has 1 aromatic heterocycles. The van der Waals surface area contributed by atoms with Crippen LogP contribution in [0.5, 0.6) is 0 Å². The van der Waals surface area contributed by atoms with E-state index in [2.05, 4.69) is 216 Å². The van der Waals surface area contributed by atoms with Crippen molar-refractivity contribution >= 4 is 38.9 Å². The molecule has 0 atom stereocenters. The molecule has 0 amide bonds. The molecule has 0 bridgehead atoms. The van der Waals surface area contributed by atoms with Gasteiger partial charge in [0.05, 0.1) is 22.4 Å². The van der Waals surface area contributed by atoms with Crippen molar-refractivity contribution in [2.24, 2.45) is 0 Å². The zero-order valence-electron chi connectivity index (χ0n) is 27.5. The summed E-state index contributed by atoms with van der Waals surface area (Å²) in [6.07, 6.45) is 0. The van der Waals surface area contributed by atoms with Gasteiger partial charge >= 0.3 is 0 Å². The van der Waals surface area contributed by atoms with Crippen molar-refractivity contribution in [1.29, 1.82) is 0 Å². The molecule has 0 unspecified atom stereocenters. The Bertz CT molecular complexity index is 2580. The lowest BCUT2D eigenvalue weighted by atomic mass is 9.88. The maximum Gasteiger partial charge on any atom is 0.0562 e. The molecule has 2 nitrogen and oxygen atoms in total. The van der Waals surface area contributed by atoms with E-state index in [1.807, 2.05) is 0 Å². The number of anilines is 3. The molecule has 8 aromatic carbocycles. The zero-order chi connectivity index (χ0) is 33.3. The minimum atomic E-state index is 1.10. The van der Waals surface area contributed by atoms with E-state index in [0.717, 1.165) is 22.7 Å². The molecule has 0 aliphatic rings. The van der Waals surface area contributed by atoms with Crippen molar-refractivity contribution in [3.8, 4) is 39.1 Å². The normalized spacial score (nSPS) is 11.2. The summed E-state index contributed by atoms with van der Waals surface area (Å²) < 4.78 is 2.39. The molecule has 0 N–H and O–H groups in total. The summed E-state index contributed by atoms with van der Waals surface area (Å²) in [5.41, 5.74) is 14.0. The quantitative estimate of drug-likeness (QED) is 0.169. The highest BCUT2D eigenvalue weighted by Gasteiger charge is 2.24. The van der Waals surface area contributed by atoms with E-state index in [4.69, 9.17) is 0 Å². The van der Waals surface area contributed by atoms with Crippen molar-refractivity contribution in [3.05, 3.63) is 206 Å². The highest BCUT2D eigenvalue weighted by molar-refractivity contribution is 6.17. The Balaban J connectivity index is 1.31. The van der Waals surface area contributed by atoms with E-state index in [0.29, 0.717) is 0 Å². The van der Waals surface area contributed by atoms with Gasteiger partial charge in [0.15, 0.2) is 0 Å². The molecule has 50 heavy (non-hydrogen) atoms. The number of benzene rings is 8. The van der Waals surface area contributed by atoms with Crippen LogP contribution in [-0.2, 0) is 0 Å². The van der Waals surface area contributed by atoms with Crippen LogP contribution in [-0.4, -0.2) is 4.57 Å². The number of nitrogens with zero attached hydrogens (tertiary/aromatic N) is 2. The molecular formula is C48H34N2. The van der Waals surface area contributed by atoms with Crippen LogP contribution in [0, 0.1) is 0 Å². The number of hydrogen-bond acceptors (Lipinski definition) is 1. The third-order valence-electron chi connectivity index (χ3n) is 9.61. The lowest BCUT2D eigenvalue weighted by Crippen LogP contribution is -2.11. The van der Waals surface area contributed by atoms with Crippen LogP contribution in [0.1, 0.15) is 0 Å². The highest BCUT2D eigenvalue weighted by Crippen LogP contribution is 2.48. The highest BCUT2D eigenvalue weighted by atomic mass is 15.1. The predicted octanol–water partition coefficient (Wildman–Crippen LogP) is 13.3. The van der Waals surface area contributed by atoms with Gasteiger partial charge in [-0.15, -0.1) is 0 Å². The van der Waals surface area contributed by atoms with Crippen molar-refractivity contribution in [2.45, 2.75) is 0 Å². The molecule has 0 aliphatic heterocycles. The SMILES string of the molecule is c1ccc(-c2ccccc2-c2ccccc2-c2ccccc2N(c2ccccc2)c2cccc3c2c2ccccc2n3-c2ccccc2)cc1. The van der Waals surface area contributed by atoms with Gasteiger partial charge in [-0.25, -0.2) is 0 Å². The second-order valence-corrected chi connectivity index (χ2v) is 12.5. The van der Waals surface area contributed by atoms with Gasteiger partial charge in [0.25, 0.3) is 0 Å². The Kier molecular flexibility index (Phi) is 7.53. The minimum Gasteiger partial charge on any atom is -0.309 e. The second kappa shape index (κ2) is 12.8. The van der Waals surface area contributed by atoms with E-state index < -0.39 is 0 Å². The van der Waals surface area contributed by atoms with Crippen LogP contribution < -0.4 is 4.90 Å². The summed E-state index contributed by atoms with van der Waals surface area (Å²) >= 11 is 0. The topological polar surface area (TPSA) is 8.17 Å². The van der Waals surface area contributed by atoms with Gasteiger partial charge in [-0.05, 0) is 76.3 Å². The molecule has 0 fully saturated rings. The average molecular weight is 639 g/mol. The molecule has 0 spiro atoms. The fourth-order valence-electron chi connectivity index (χ4n) is 7.46. The molecule has 0 saturated carbocycles. The van der Waals surface area contributed by atoms with Gasteiger partial charge in [-0.1, -0.05) is 158 Å². The maximum absolute atomic E-state index is 2.44. The number of rotatable bonds is 7. The third-order valence-corrected chi connectivity index (χ3v) is 9.61. The Hall–Kier alpha value is -6.64. The van der Waals surface area contributed by atoms with Gasteiger partial charge in [-0.2, -0.15) is 0 Å². The van der Waals surface area contributed by atoms with Crippen LogP contribution in [0.4, 0.5) is 17.1 Å². The smallest absolute Gasteiger partial charge is 0.0562 e. The fourth-order valence-corrected chi connectivity index (χ4v) is 7.46. The first kappa shape index (κ1) is 29.5. The van der Waals surface area contributed by atoms with Crippen LogP contribution in [0.2, 0.25) is 0 Å².